The minimum Gasteiger partial charge on any atom is -0.377 e. The van der Waals surface area contributed by atoms with E-state index in [1.54, 1.807) is 0 Å². The van der Waals surface area contributed by atoms with Gasteiger partial charge in [0, 0.05) is 0 Å². The third-order valence-electron chi connectivity index (χ3n) is 3.47. The lowest BCUT2D eigenvalue weighted by Crippen LogP contribution is -2.39. The first kappa shape index (κ1) is 12.0. The molecule has 14 heavy (non-hydrogen) atoms. The number of rotatable bonds is 0. The van der Waals surface area contributed by atoms with Crippen LogP contribution in [0.15, 0.2) is 0 Å². The van der Waals surface area contributed by atoms with Crippen molar-refractivity contribution in [3.63, 3.8) is 0 Å². The molecule has 0 radical (unpaired) electrons. The van der Waals surface area contributed by atoms with Crippen molar-refractivity contribution in [2.45, 2.75) is 60.5 Å². The van der Waals surface area contributed by atoms with E-state index in [2.05, 4.69) is 41.5 Å². The lowest BCUT2D eigenvalue weighted by atomic mass is 9.74. The summed E-state index contributed by atoms with van der Waals surface area (Å²) in [5, 5.41) is 0. The van der Waals surface area contributed by atoms with Gasteiger partial charge in [-0.2, -0.15) is 0 Å². The third-order valence-corrected chi connectivity index (χ3v) is 3.47. The van der Waals surface area contributed by atoms with Gasteiger partial charge in [-0.25, -0.2) is 0 Å². The maximum absolute atomic E-state index is 5.98. The molecule has 0 aromatic rings. The second-order valence-corrected chi connectivity index (χ2v) is 6.83. The zero-order valence-corrected chi connectivity index (χ0v) is 10.7. The third kappa shape index (κ3) is 2.98. The molecule has 1 saturated heterocycles. The molecule has 1 rings (SSSR count). The van der Waals surface area contributed by atoms with E-state index in [0.29, 0.717) is 16.9 Å². The van der Waals surface area contributed by atoms with Crippen LogP contribution in [0.4, 0.5) is 0 Å². The molecule has 0 aliphatic carbocycles. The topological polar surface area (TPSA) is 9.23 Å². The van der Waals surface area contributed by atoms with E-state index in [-0.39, 0.29) is 0 Å². The van der Waals surface area contributed by atoms with Gasteiger partial charge in [0.2, 0.25) is 0 Å². The van der Waals surface area contributed by atoms with Crippen LogP contribution in [0.1, 0.15) is 54.4 Å². The van der Waals surface area contributed by atoms with Gasteiger partial charge in [0.15, 0.2) is 0 Å². The highest BCUT2D eigenvalue weighted by atomic mass is 16.5. The Morgan fingerprint density at radius 3 is 1.71 bits per heavy atom. The van der Waals surface area contributed by atoms with Gasteiger partial charge in [0.25, 0.3) is 0 Å². The molecule has 0 unspecified atom stereocenters. The zero-order chi connectivity index (χ0) is 11.0. The summed E-state index contributed by atoms with van der Waals surface area (Å²) in [6.07, 6.45) is 3.01. The first-order chi connectivity index (χ1) is 6.21. The Bertz CT molecular complexity index is 152. The van der Waals surface area contributed by atoms with E-state index in [1.807, 2.05) is 0 Å². The number of ether oxygens (including phenoxy) is 1. The summed E-state index contributed by atoms with van der Waals surface area (Å²) in [7, 11) is 0. The van der Waals surface area contributed by atoms with E-state index in [9.17, 15) is 0 Å². The number of hydrogen-bond donors (Lipinski definition) is 0. The predicted molar refractivity (Wildman–Crippen MR) is 61.4 cm³/mol. The molecule has 1 heterocycles. The molecule has 84 valence electrons. The highest BCUT2D eigenvalue weighted by Crippen LogP contribution is 2.38. The second kappa shape index (κ2) is 3.84. The van der Waals surface area contributed by atoms with E-state index in [1.165, 1.54) is 12.8 Å². The molecule has 0 saturated carbocycles. The molecule has 0 aromatic heterocycles. The molecule has 0 amide bonds. The predicted octanol–water partition coefficient (Wildman–Crippen LogP) is 3.87. The van der Waals surface area contributed by atoms with Crippen LogP contribution < -0.4 is 0 Å². The fourth-order valence-electron chi connectivity index (χ4n) is 2.12. The Morgan fingerprint density at radius 1 is 0.857 bits per heavy atom. The van der Waals surface area contributed by atoms with Gasteiger partial charge < -0.3 is 4.74 Å². The maximum atomic E-state index is 5.98. The standard InChI is InChI=1S/C13H26O/c1-12(2,3)10-7-8-11(14-9-10)13(4,5)6/h10-11H,7-9H2,1-6H3/t10-,11+/m1/s1. The van der Waals surface area contributed by atoms with Gasteiger partial charge in [-0.15, -0.1) is 0 Å². The Balaban J connectivity index is 2.47. The largest absolute Gasteiger partial charge is 0.377 e. The molecular weight excluding hydrogens is 172 g/mol. The first-order valence-corrected chi connectivity index (χ1v) is 5.83. The Labute approximate surface area is 89.2 Å². The van der Waals surface area contributed by atoms with Crippen LogP contribution in [0.3, 0.4) is 0 Å². The van der Waals surface area contributed by atoms with Crippen molar-refractivity contribution in [1.29, 1.82) is 0 Å². The molecule has 1 fully saturated rings. The summed E-state index contributed by atoms with van der Waals surface area (Å²) < 4.78 is 5.98. The fourth-order valence-corrected chi connectivity index (χ4v) is 2.12. The average molecular weight is 198 g/mol. The van der Waals surface area contributed by atoms with Gasteiger partial charge in [-0.3, -0.25) is 0 Å². The maximum Gasteiger partial charge on any atom is 0.0623 e. The molecule has 0 aromatic carbocycles. The van der Waals surface area contributed by atoms with E-state index < -0.39 is 0 Å². The summed E-state index contributed by atoms with van der Waals surface area (Å²) in [4.78, 5) is 0. The summed E-state index contributed by atoms with van der Waals surface area (Å²) >= 11 is 0. The van der Waals surface area contributed by atoms with Crippen molar-refractivity contribution < 1.29 is 4.74 Å². The van der Waals surface area contributed by atoms with Crippen LogP contribution in [0, 0.1) is 16.7 Å². The highest BCUT2D eigenvalue weighted by molar-refractivity contribution is 4.83. The van der Waals surface area contributed by atoms with Gasteiger partial charge in [0.1, 0.15) is 0 Å². The van der Waals surface area contributed by atoms with Crippen LogP contribution in [0.5, 0.6) is 0 Å². The van der Waals surface area contributed by atoms with Crippen LogP contribution in [-0.2, 0) is 4.74 Å². The van der Waals surface area contributed by atoms with Gasteiger partial charge in [-0.05, 0) is 29.6 Å². The summed E-state index contributed by atoms with van der Waals surface area (Å²) in [5.41, 5.74) is 0.714. The number of hydrogen-bond acceptors (Lipinski definition) is 1. The smallest absolute Gasteiger partial charge is 0.0623 e. The first-order valence-electron chi connectivity index (χ1n) is 5.83. The highest BCUT2D eigenvalue weighted by Gasteiger charge is 2.34. The van der Waals surface area contributed by atoms with Crippen molar-refractivity contribution in [2.24, 2.45) is 16.7 Å². The Hall–Kier alpha value is -0.0400. The van der Waals surface area contributed by atoms with E-state index in [4.69, 9.17) is 4.74 Å². The van der Waals surface area contributed by atoms with Gasteiger partial charge in [-0.1, -0.05) is 41.5 Å². The van der Waals surface area contributed by atoms with Crippen molar-refractivity contribution >= 4 is 0 Å². The van der Waals surface area contributed by atoms with E-state index >= 15 is 0 Å². The molecule has 1 aliphatic heterocycles. The van der Waals surface area contributed by atoms with Crippen molar-refractivity contribution in [3.05, 3.63) is 0 Å². The van der Waals surface area contributed by atoms with Crippen molar-refractivity contribution in [3.8, 4) is 0 Å². The lowest BCUT2D eigenvalue weighted by molar-refractivity contribution is -0.0908. The van der Waals surface area contributed by atoms with Crippen molar-refractivity contribution in [1.82, 2.24) is 0 Å². The van der Waals surface area contributed by atoms with Gasteiger partial charge >= 0.3 is 0 Å². The molecule has 1 aliphatic rings. The quantitative estimate of drug-likeness (QED) is 0.574. The molecule has 0 N–H and O–H groups in total. The summed E-state index contributed by atoms with van der Waals surface area (Å²) in [6, 6.07) is 0. The second-order valence-electron chi connectivity index (χ2n) is 6.83. The normalized spacial score (nSPS) is 30.4. The summed E-state index contributed by atoms with van der Waals surface area (Å²) in [5.74, 6) is 0.737. The summed E-state index contributed by atoms with van der Waals surface area (Å²) in [6.45, 7) is 14.7. The molecule has 2 atom stereocenters. The van der Waals surface area contributed by atoms with Crippen LogP contribution >= 0.6 is 0 Å². The monoisotopic (exact) mass is 198 g/mol. The van der Waals surface area contributed by atoms with Crippen LogP contribution in [0.2, 0.25) is 0 Å². The van der Waals surface area contributed by atoms with Gasteiger partial charge in [0.05, 0.1) is 12.7 Å². The minimum absolute atomic E-state index is 0.308. The van der Waals surface area contributed by atoms with Crippen molar-refractivity contribution in [2.75, 3.05) is 6.61 Å². The Morgan fingerprint density at radius 2 is 1.43 bits per heavy atom. The molecular formula is C13H26O. The molecule has 1 nitrogen and oxygen atoms in total. The zero-order valence-electron chi connectivity index (χ0n) is 10.7. The Kier molecular flexibility index (Phi) is 3.30. The minimum atomic E-state index is 0.308. The average Bonchev–Trinajstić information content (AvgIpc) is 2.01. The molecule has 0 bridgehead atoms. The molecule has 1 heteroatoms. The van der Waals surface area contributed by atoms with Crippen LogP contribution in [0.25, 0.3) is 0 Å². The van der Waals surface area contributed by atoms with E-state index in [0.717, 1.165) is 12.5 Å². The van der Waals surface area contributed by atoms with Crippen LogP contribution in [-0.4, -0.2) is 12.7 Å². The lowest BCUT2D eigenvalue weighted by Gasteiger charge is -2.41. The molecule has 0 spiro atoms. The SMILES string of the molecule is CC(C)(C)[C@@H]1CC[C@@H](C(C)(C)C)OC1. The fraction of sp³-hybridized carbons (Fsp3) is 1.00.